The molecule has 0 aliphatic heterocycles. The standard InChI is InChI=1S/C14H21N3O4/c1-4-7-15-9-11-5-6-13(12(8-11)17(19)20)21-10-14(18)16(2)3/h5-6,8,15H,4,7,9-10H2,1-3H3. The second-order valence-corrected chi connectivity index (χ2v) is 4.81. The Morgan fingerprint density at radius 3 is 2.71 bits per heavy atom. The van der Waals surface area contributed by atoms with Crippen molar-refractivity contribution >= 4 is 11.6 Å². The highest BCUT2D eigenvalue weighted by Crippen LogP contribution is 2.28. The monoisotopic (exact) mass is 295 g/mol. The topological polar surface area (TPSA) is 84.7 Å². The molecule has 1 aromatic rings. The van der Waals surface area contributed by atoms with Gasteiger partial charge in [0.2, 0.25) is 0 Å². The van der Waals surface area contributed by atoms with E-state index in [1.54, 1.807) is 20.2 Å². The molecule has 1 N–H and O–H groups in total. The van der Waals surface area contributed by atoms with E-state index in [1.165, 1.54) is 17.0 Å². The fourth-order valence-corrected chi connectivity index (χ4v) is 1.62. The molecule has 1 aromatic carbocycles. The van der Waals surface area contributed by atoms with Gasteiger partial charge in [0, 0.05) is 26.7 Å². The van der Waals surface area contributed by atoms with Crippen LogP contribution in [0.4, 0.5) is 5.69 Å². The van der Waals surface area contributed by atoms with Crippen LogP contribution in [0.15, 0.2) is 18.2 Å². The first-order valence-corrected chi connectivity index (χ1v) is 6.76. The summed E-state index contributed by atoms with van der Waals surface area (Å²) in [7, 11) is 3.20. The van der Waals surface area contributed by atoms with Crippen molar-refractivity contribution in [2.45, 2.75) is 19.9 Å². The molecule has 0 bridgehead atoms. The number of amides is 1. The Morgan fingerprint density at radius 1 is 1.43 bits per heavy atom. The number of hydrogen-bond donors (Lipinski definition) is 1. The molecule has 0 aromatic heterocycles. The Hall–Kier alpha value is -2.15. The van der Waals surface area contributed by atoms with E-state index in [1.807, 2.05) is 6.92 Å². The van der Waals surface area contributed by atoms with Crippen molar-refractivity contribution in [3.8, 4) is 5.75 Å². The number of nitro benzene ring substituents is 1. The predicted molar refractivity (Wildman–Crippen MR) is 79.3 cm³/mol. The van der Waals surface area contributed by atoms with E-state index in [-0.39, 0.29) is 24.0 Å². The molecule has 116 valence electrons. The van der Waals surface area contributed by atoms with Crippen LogP contribution in [-0.2, 0) is 11.3 Å². The number of ether oxygens (including phenoxy) is 1. The summed E-state index contributed by atoms with van der Waals surface area (Å²) in [5.74, 6) is -0.146. The molecule has 0 aliphatic carbocycles. The molecule has 0 spiro atoms. The Balaban J connectivity index is 2.79. The summed E-state index contributed by atoms with van der Waals surface area (Å²) >= 11 is 0. The van der Waals surface area contributed by atoms with E-state index < -0.39 is 4.92 Å². The normalized spacial score (nSPS) is 10.2. The molecular formula is C14H21N3O4. The lowest BCUT2D eigenvalue weighted by Crippen LogP contribution is -2.27. The third-order valence-corrected chi connectivity index (χ3v) is 2.83. The van der Waals surface area contributed by atoms with E-state index >= 15 is 0 Å². The molecule has 0 aliphatic rings. The quantitative estimate of drug-likeness (QED) is 0.447. The Labute approximate surface area is 124 Å². The fourth-order valence-electron chi connectivity index (χ4n) is 1.62. The average molecular weight is 295 g/mol. The summed E-state index contributed by atoms with van der Waals surface area (Å²) in [6, 6.07) is 4.76. The molecule has 7 nitrogen and oxygen atoms in total. The van der Waals surface area contributed by atoms with Gasteiger partial charge in [-0.05, 0) is 24.6 Å². The van der Waals surface area contributed by atoms with Gasteiger partial charge in [0.1, 0.15) is 0 Å². The van der Waals surface area contributed by atoms with E-state index in [0.717, 1.165) is 18.5 Å². The van der Waals surface area contributed by atoms with Crippen molar-refractivity contribution in [1.82, 2.24) is 10.2 Å². The summed E-state index contributed by atoms with van der Waals surface area (Å²) in [4.78, 5) is 23.4. The highest BCUT2D eigenvalue weighted by molar-refractivity contribution is 5.77. The van der Waals surface area contributed by atoms with Crippen LogP contribution in [0.1, 0.15) is 18.9 Å². The molecule has 1 rings (SSSR count). The van der Waals surface area contributed by atoms with Gasteiger partial charge in [-0.15, -0.1) is 0 Å². The Morgan fingerprint density at radius 2 is 2.14 bits per heavy atom. The molecule has 1 amide bonds. The van der Waals surface area contributed by atoms with Gasteiger partial charge in [-0.25, -0.2) is 0 Å². The highest BCUT2D eigenvalue weighted by atomic mass is 16.6. The number of carbonyl (C=O) groups is 1. The minimum absolute atomic E-state index is 0.106. The van der Waals surface area contributed by atoms with Crippen molar-refractivity contribution < 1.29 is 14.5 Å². The van der Waals surface area contributed by atoms with Crippen molar-refractivity contribution in [2.24, 2.45) is 0 Å². The number of carbonyl (C=O) groups excluding carboxylic acids is 1. The van der Waals surface area contributed by atoms with Crippen molar-refractivity contribution in [1.29, 1.82) is 0 Å². The number of rotatable bonds is 8. The number of benzene rings is 1. The van der Waals surface area contributed by atoms with Gasteiger partial charge in [-0.3, -0.25) is 14.9 Å². The van der Waals surface area contributed by atoms with Crippen LogP contribution in [0.25, 0.3) is 0 Å². The van der Waals surface area contributed by atoms with Gasteiger partial charge in [0.25, 0.3) is 5.91 Å². The van der Waals surface area contributed by atoms with E-state index in [4.69, 9.17) is 4.74 Å². The summed E-state index contributed by atoms with van der Waals surface area (Å²) in [5, 5.41) is 14.3. The summed E-state index contributed by atoms with van der Waals surface area (Å²) in [6.45, 7) is 3.24. The Bertz CT molecular complexity index is 503. The number of nitrogens with zero attached hydrogens (tertiary/aromatic N) is 2. The number of likely N-dealkylation sites (N-methyl/N-ethyl adjacent to an activating group) is 1. The summed E-state index contributed by atoms with van der Waals surface area (Å²) in [5.41, 5.74) is 0.679. The fraction of sp³-hybridized carbons (Fsp3) is 0.500. The molecule has 0 fully saturated rings. The van der Waals surface area contributed by atoms with Gasteiger partial charge in [-0.1, -0.05) is 13.0 Å². The summed E-state index contributed by atoms with van der Waals surface area (Å²) < 4.78 is 5.25. The third kappa shape index (κ3) is 5.39. The first kappa shape index (κ1) is 16.9. The van der Waals surface area contributed by atoms with Crippen molar-refractivity contribution in [3.05, 3.63) is 33.9 Å². The third-order valence-electron chi connectivity index (χ3n) is 2.83. The van der Waals surface area contributed by atoms with E-state index in [0.29, 0.717) is 6.54 Å². The molecular weight excluding hydrogens is 274 g/mol. The second kappa shape index (κ2) is 8.21. The van der Waals surface area contributed by atoms with Gasteiger partial charge < -0.3 is 15.0 Å². The van der Waals surface area contributed by atoms with Gasteiger partial charge >= 0.3 is 5.69 Å². The zero-order valence-corrected chi connectivity index (χ0v) is 12.6. The maximum absolute atomic E-state index is 11.5. The Kier molecular flexibility index (Phi) is 6.61. The zero-order valence-electron chi connectivity index (χ0n) is 12.6. The smallest absolute Gasteiger partial charge is 0.311 e. The second-order valence-electron chi connectivity index (χ2n) is 4.81. The number of nitrogens with one attached hydrogen (secondary N) is 1. The zero-order chi connectivity index (χ0) is 15.8. The molecule has 0 unspecified atom stereocenters. The van der Waals surface area contributed by atoms with E-state index in [9.17, 15) is 14.9 Å². The molecule has 0 heterocycles. The molecule has 0 atom stereocenters. The van der Waals surface area contributed by atoms with Crippen LogP contribution in [-0.4, -0.2) is 43.0 Å². The van der Waals surface area contributed by atoms with Gasteiger partial charge in [0.15, 0.2) is 12.4 Å². The first-order chi connectivity index (χ1) is 9.95. The van der Waals surface area contributed by atoms with Crippen LogP contribution in [0.5, 0.6) is 5.75 Å². The molecule has 7 heteroatoms. The van der Waals surface area contributed by atoms with Crippen LogP contribution in [0.2, 0.25) is 0 Å². The molecule has 0 saturated heterocycles. The van der Waals surface area contributed by atoms with Crippen LogP contribution >= 0.6 is 0 Å². The largest absolute Gasteiger partial charge is 0.477 e. The first-order valence-electron chi connectivity index (χ1n) is 6.76. The van der Waals surface area contributed by atoms with Crippen LogP contribution in [0.3, 0.4) is 0 Å². The minimum atomic E-state index is -0.501. The number of nitro groups is 1. The lowest BCUT2D eigenvalue weighted by Gasteiger charge is -2.12. The van der Waals surface area contributed by atoms with E-state index in [2.05, 4.69) is 5.32 Å². The van der Waals surface area contributed by atoms with Crippen LogP contribution in [0, 0.1) is 10.1 Å². The summed E-state index contributed by atoms with van der Waals surface area (Å²) in [6.07, 6.45) is 0.996. The molecule has 0 saturated carbocycles. The maximum Gasteiger partial charge on any atom is 0.311 e. The van der Waals surface area contributed by atoms with Gasteiger partial charge in [-0.2, -0.15) is 0 Å². The molecule has 0 radical (unpaired) electrons. The maximum atomic E-state index is 11.5. The van der Waals surface area contributed by atoms with Crippen molar-refractivity contribution in [3.63, 3.8) is 0 Å². The lowest BCUT2D eigenvalue weighted by molar-refractivity contribution is -0.385. The predicted octanol–water partition coefficient (Wildman–Crippen LogP) is 1.56. The van der Waals surface area contributed by atoms with Crippen molar-refractivity contribution in [2.75, 3.05) is 27.2 Å². The number of hydrogen-bond acceptors (Lipinski definition) is 5. The highest BCUT2D eigenvalue weighted by Gasteiger charge is 2.17. The SMILES string of the molecule is CCCNCc1ccc(OCC(=O)N(C)C)c([N+](=O)[O-])c1. The molecule has 21 heavy (non-hydrogen) atoms. The van der Waals surface area contributed by atoms with Crippen LogP contribution < -0.4 is 10.1 Å². The average Bonchev–Trinajstić information content (AvgIpc) is 2.45. The van der Waals surface area contributed by atoms with Gasteiger partial charge in [0.05, 0.1) is 4.92 Å². The lowest BCUT2D eigenvalue weighted by atomic mass is 10.2. The minimum Gasteiger partial charge on any atom is -0.477 e.